The number of rotatable bonds is 1. The fourth-order valence-corrected chi connectivity index (χ4v) is 0.871. The second-order valence-electron chi connectivity index (χ2n) is 2.16. The Hall–Kier alpha value is -0.750. The molecule has 0 bridgehead atoms. The first-order valence-corrected chi connectivity index (χ1v) is 3.52. The summed E-state index contributed by atoms with van der Waals surface area (Å²) in [7, 11) is 0. The van der Waals surface area contributed by atoms with Crippen molar-refractivity contribution in [3.63, 3.8) is 0 Å². The SMILES string of the molecule is Cl.N#C[C@H](N)c1ccc(Cl)cc1. The predicted octanol–water partition coefficient (Wildman–Crippen LogP) is 2.29. The van der Waals surface area contributed by atoms with Crippen LogP contribution >= 0.6 is 24.0 Å². The minimum atomic E-state index is -0.549. The molecule has 0 fully saturated rings. The van der Waals surface area contributed by atoms with E-state index in [0.29, 0.717) is 5.02 Å². The third-order valence-corrected chi connectivity index (χ3v) is 1.62. The van der Waals surface area contributed by atoms with Gasteiger partial charge in [0, 0.05) is 5.02 Å². The summed E-state index contributed by atoms with van der Waals surface area (Å²) in [6.45, 7) is 0. The van der Waals surface area contributed by atoms with Gasteiger partial charge in [-0.1, -0.05) is 23.7 Å². The van der Waals surface area contributed by atoms with Crippen LogP contribution in [0.25, 0.3) is 0 Å². The number of hydrogen-bond acceptors (Lipinski definition) is 2. The summed E-state index contributed by atoms with van der Waals surface area (Å²) < 4.78 is 0. The van der Waals surface area contributed by atoms with Crippen molar-refractivity contribution in [1.82, 2.24) is 0 Å². The van der Waals surface area contributed by atoms with Crippen LogP contribution in [0, 0.1) is 11.3 Å². The molecule has 12 heavy (non-hydrogen) atoms. The summed E-state index contributed by atoms with van der Waals surface area (Å²) in [5, 5.41) is 9.10. The molecule has 0 heterocycles. The lowest BCUT2D eigenvalue weighted by molar-refractivity contribution is 0.926. The smallest absolute Gasteiger partial charge is 0.118 e. The van der Waals surface area contributed by atoms with Crippen LogP contribution in [0.4, 0.5) is 0 Å². The van der Waals surface area contributed by atoms with Crippen LogP contribution in [0.15, 0.2) is 24.3 Å². The quantitative estimate of drug-likeness (QED) is 0.761. The van der Waals surface area contributed by atoms with Crippen molar-refractivity contribution in [1.29, 1.82) is 5.26 Å². The number of nitriles is 1. The van der Waals surface area contributed by atoms with Crippen molar-refractivity contribution in [2.75, 3.05) is 0 Å². The van der Waals surface area contributed by atoms with Gasteiger partial charge >= 0.3 is 0 Å². The second kappa shape index (κ2) is 5.00. The Morgan fingerprint density at radius 3 is 2.25 bits per heavy atom. The van der Waals surface area contributed by atoms with Crippen LogP contribution < -0.4 is 5.73 Å². The lowest BCUT2D eigenvalue weighted by Crippen LogP contribution is -2.06. The molecule has 0 aliphatic rings. The Balaban J connectivity index is 0.00000121. The summed E-state index contributed by atoms with van der Waals surface area (Å²) in [6, 6.07) is 8.31. The molecular formula is C8H8Cl2N2. The van der Waals surface area contributed by atoms with Crippen LogP contribution in [0.1, 0.15) is 11.6 Å². The number of hydrogen-bond donors (Lipinski definition) is 1. The van der Waals surface area contributed by atoms with Crippen LogP contribution in [0.3, 0.4) is 0 Å². The molecule has 1 rings (SSSR count). The number of halogens is 2. The van der Waals surface area contributed by atoms with E-state index < -0.39 is 6.04 Å². The third-order valence-electron chi connectivity index (χ3n) is 1.37. The van der Waals surface area contributed by atoms with Gasteiger partial charge in [0.2, 0.25) is 0 Å². The van der Waals surface area contributed by atoms with E-state index in [2.05, 4.69) is 0 Å². The average Bonchev–Trinajstić information content (AvgIpc) is 2.05. The summed E-state index contributed by atoms with van der Waals surface area (Å²) in [6.07, 6.45) is 0. The Morgan fingerprint density at radius 1 is 1.33 bits per heavy atom. The molecule has 0 aliphatic carbocycles. The molecule has 1 atom stereocenters. The van der Waals surface area contributed by atoms with E-state index in [-0.39, 0.29) is 12.4 Å². The molecule has 0 saturated carbocycles. The topological polar surface area (TPSA) is 49.8 Å². The van der Waals surface area contributed by atoms with Crippen molar-refractivity contribution in [2.45, 2.75) is 6.04 Å². The summed E-state index contributed by atoms with van der Waals surface area (Å²) >= 11 is 5.64. The van der Waals surface area contributed by atoms with E-state index in [0.717, 1.165) is 5.56 Å². The molecule has 0 radical (unpaired) electrons. The highest BCUT2D eigenvalue weighted by molar-refractivity contribution is 6.30. The number of nitrogens with two attached hydrogens (primary N) is 1. The van der Waals surface area contributed by atoms with Crippen LogP contribution in [0.5, 0.6) is 0 Å². The summed E-state index contributed by atoms with van der Waals surface area (Å²) in [4.78, 5) is 0. The zero-order valence-electron chi connectivity index (χ0n) is 6.20. The molecule has 2 nitrogen and oxygen atoms in total. The van der Waals surface area contributed by atoms with E-state index in [9.17, 15) is 0 Å². The van der Waals surface area contributed by atoms with Crippen molar-refractivity contribution >= 4 is 24.0 Å². The van der Waals surface area contributed by atoms with Gasteiger partial charge < -0.3 is 5.73 Å². The van der Waals surface area contributed by atoms with Gasteiger partial charge in [0.05, 0.1) is 6.07 Å². The van der Waals surface area contributed by atoms with Crippen molar-refractivity contribution in [3.8, 4) is 6.07 Å². The molecule has 0 aliphatic heterocycles. The van der Waals surface area contributed by atoms with Gasteiger partial charge in [0.1, 0.15) is 6.04 Å². The van der Waals surface area contributed by atoms with Gasteiger partial charge in [-0.3, -0.25) is 0 Å². The van der Waals surface area contributed by atoms with E-state index in [4.69, 9.17) is 22.6 Å². The minimum absolute atomic E-state index is 0. The molecule has 0 unspecified atom stereocenters. The fraction of sp³-hybridized carbons (Fsp3) is 0.125. The zero-order chi connectivity index (χ0) is 8.27. The summed E-state index contributed by atoms with van der Waals surface area (Å²) in [5.74, 6) is 0. The van der Waals surface area contributed by atoms with Crippen molar-refractivity contribution in [2.24, 2.45) is 5.73 Å². The highest BCUT2D eigenvalue weighted by Gasteiger charge is 2.01. The highest BCUT2D eigenvalue weighted by atomic mass is 35.5. The molecule has 0 amide bonds. The van der Waals surface area contributed by atoms with Gasteiger partial charge in [-0.05, 0) is 17.7 Å². The molecule has 0 aromatic heterocycles. The number of benzene rings is 1. The lowest BCUT2D eigenvalue weighted by atomic mass is 10.1. The molecule has 64 valence electrons. The fourth-order valence-electron chi connectivity index (χ4n) is 0.745. The normalized spacial score (nSPS) is 11.1. The highest BCUT2D eigenvalue weighted by Crippen LogP contribution is 2.13. The minimum Gasteiger partial charge on any atom is -0.312 e. The molecule has 0 saturated heterocycles. The lowest BCUT2D eigenvalue weighted by Gasteiger charge is -2.00. The first kappa shape index (κ1) is 11.2. The first-order valence-electron chi connectivity index (χ1n) is 3.14. The Morgan fingerprint density at radius 2 is 1.83 bits per heavy atom. The van der Waals surface area contributed by atoms with Gasteiger partial charge in [-0.25, -0.2) is 0 Å². The van der Waals surface area contributed by atoms with Crippen LogP contribution in [0.2, 0.25) is 5.02 Å². The van der Waals surface area contributed by atoms with Crippen LogP contribution in [-0.2, 0) is 0 Å². The Kier molecular flexibility index (Phi) is 4.68. The molecule has 4 heteroatoms. The van der Waals surface area contributed by atoms with Gasteiger partial charge in [0.15, 0.2) is 0 Å². The maximum Gasteiger partial charge on any atom is 0.118 e. The second-order valence-corrected chi connectivity index (χ2v) is 2.59. The maximum atomic E-state index is 8.45. The molecule has 2 N–H and O–H groups in total. The van der Waals surface area contributed by atoms with E-state index in [1.807, 2.05) is 6.07 Å². The molecule has 0 spiro atoms. The van der Waals surface area contributed by atoms with Gasteiger partial charge in [-0.15, -0.1) is 12.4 Å². The van der Waals surface area contributed by atoms with E-state index >= 15 is 0 Å². The zero-order valence-corrected chi connectivity index (χ0v) is 7.77. The summed E-state index contributed by atoms with van der Waals surface area (Å²) in [5.41, 5.74) is 6.23. The molecule has 1 aromatic carbocycles. The third kappa shape index (κ3) is 2.71. The average molecular weight is 203 g/mol. The van der Waals surface area contributed by atoms with Crippen LogP contribution in [-0.4, -0.2) is 0 Å². The van der Waals surface area contributed by atoms with Crippen molar-refractivity contribution in [3.05, 3.63) is 34.9 Å². The largest absolute Gasteiger partial charge is 0.312 e. The Labute approximate surface area is 82.4 Å². The molecule has 1 aromatic rings. The van der Waals surface area contributed by atoms with Crippen molar-refractivity contribution < 1.29 is 0 Å². The monoisotopic (exact) mass is 202 g/mol. The van der Waals surface area contributed by atoms with Gasteiger partial charge in [0.25, 0.3) is 0 Å². The maximum absolute atomic E-state index is 8.45. The first-order chi connectivity index (χ1) is 5.24. The van der Waals surface area contributed by atoms with E-state index in [1.165, 1.54) is 0 Å². The Bertz CT molecular complexity index is 276. The van der Waals surface area contributed by atoms with Gasteiger partial charge in [-0.2, -0.15) is 5.26 Å². The predicted molar refractivity (Wildman–Crippen MR) is 51.2 cm³/mol. The molecular weight excluding hydrogens is 195 g/mol. The standard InChI is InChI=1S/C8H7ClN2.ClH/c9-7-3-1-6(2-4-7)8(11)5-10;/h1-4,8H,11H2;1H/t8-;/m0./s1. The number of nitrogens with zero attached hydrogens (tertiary/aromatic N) is 1. The van der Waals surface area contributed by atoms with E-state index in [1.54, 1.807) is 24.3 Å².